The first-order valence-electron chi connectivity index (χ1n) is 6.96. The van der Waals surface area contributed by atoms with Crippen molar-refractivity contribution in [1.82, 2.24) is 14.7 Å². The molecule has 0 saturated carbocycles. The number of nitrogens with zero attached hydrogens (tertiary/aromatic N) is 3. The molecular weight excluding hydrogens is 330 g/mol. The van der Waals surface area contributed by atoms with Gasteiger partial charge in [-0.3, -0.25) is 9.48 Å². The zero-order chi connectivity index (χ0) is 15.4. The predicted octanol–water partition coefficient (Wildman–Crippen LogP) is 3.19. The molecule has 0 amide bonds. The van der Waals surface area contributed by atoms with E-state index < -0.39 is 0 Å². The third-order valence-electron chi connectivity index (χ3n) is 3.48. The molecule has 0 aliphatic heterocycles. The first-order valence-corrected chi connectivity index (χ1v) is 7.75. The quantitative estimate of drug-likeness (QED) is 0.751. The van der Waals surface area contributed by atoms with Crippen LogP contribution in [-0.2, 0) is 6.54 Å². The van der Waals surface area contributed by atoms with Crippen LogP contribution in [0.3, 0.4) is 0 Å². The minimum atomic E-state index is -0.183. The van der Waals surface area contributed by atoms with Gasteiger partial charge in [0, 0.05) is 12.5 Å². The fourth-order valence-electron chi connectivity index (χ4n) is 2.17. The summed E-state index contributed by atoms with van der Waals surface area (Å²) >= 11 is 3.45. The summed E-state index contributed by atoms with van der Waals surface area (Å²) in [7, 11) is 4.01. The zero-order valence-electron chi connectivity index (χ0n) is 12.6. The van der Waals surface area contributed by atoms with Gasteiger partial charge in [-0.2, -0.15) is 5.10 Å². The van der Waals surface area contributed by atoms with Crippen LogP contribution < -0.4 is 0 Å². The molecule has 1 aromatic carbocycles. The summed E-state index contributed by atoms with van der Waals surface area (Å²) in [5, 5.41) is 4.31. The summed E-state index contributed by atoms with van der Waals surface area (Å²) in [6.45, 7) is 3.47. The van der Waals surface area contributed by atoms with Crippen molar-refractivity contribution in [3.05, 3.63) is 52.3 Å². The molecule has 0 aliphatic rings. The van der Waals surface area contributed by atoms with Crippen LogP contribution in [0.1, 0.15) is 28.9 Å². The maximum absolute atomic E-state index is 12.8. The maximum atomic E-state index is 12.8. The van der Waals surface area contributed by atoms with Gasteiger partial charge in [0.25, 0.3) is 0 Å². The molecule has 0 radical (unpaired) electrons. The highest BCUT2D eigenvalue weighted by molar-refractivity contribution is 9.10. The van der Waals surface area contributed by atoms with Crippen LogP contribution >= 0.6 is 15.9 Å². The Hall–Kier alpha value is -1.46. The number of rotatable bonds is 6. The van der Waals surface area contributed by atoms with Crippen LogP contribution in [0, 0.1) is 0 Å². The van der Waals surface area contributed by atoms with Crippen LogP contribution in [0.15, 0.2) is 41.0 Å². The fraction of sp³-hybridized carbons (Fsp3) is 0.375. The van der Waals surface area contributed by atoms with Gasteiger partial charge in [-0.05, 0) is 35.6 Å². The van der Waals surface area contributed by atoms with E-state index in [1.54, 1.807) is 10.9 Å². The number of carbonyl (C=O) groups is 1. The maximum Gasteiger partial charge on any atom is 0.189 e. The van der Waals surface area contributed by atoms with Crippen molar-refractivity contribution in [2.75, 3.05) is 20.6 Å². The normalized spacial score (nSPS) is 12.6. The Morgan fingerprint density at radius 2 is 2.00 bits per heavy atom. The molecular formula is C16H20BrN3O. The van der Waals surface area contributed by atoms with Gasteiger partial charge in [-0.25, -0.2) is 0 Å². The number of likely N-dealkylation sites (N-methyl/N-ethyl adjacent to an activating group) is 1. The van der Waals surface area contributed by atoms with Crippen LogP contribution in [-0.4, -0.2) is 41.1 Å². The summed E-state index contributed by atoms with van der Waals surface area (Å²) in [4.78, 5) is 14.9. The molecule has 112 valence electrons. The van der Waals surface area contributed by atoms with E-state index in [1.807, 2.05) is 51.4 Å². The van der Waals surface area contributed by atoms with E-state index in [2.05, 4.69) is 25.9 Å². The number of Topliss-reactive ketones (excluding diaryl/α,β-unsaturated/α-hetero) is 1. The molecule has 0 bridgehead atoms. The van der Waals surface area contributed by atoms with Gasteiger partial charge in [0.2, 0.25) is 0 Å². The largest absolute Gasteiger partial charge is 0.308 e. The Kier molecular flexibility index (Phi) is 5.31. The number of aromatic nitrogens is 2. The van der Waals surface area contributed by atoms with E-state index in [0.717, 1.165) is 16.6 Å². The van der Waals surface area contributed by atoms with Crippen molar-refractivity contribution >= 4 is 21.7 Å². The number of carbonyl (C=O) groups excluding carboxylic acids is 1. The Morgan fingerprint density at radius 3 is 2.62 bits per heavy atom. The SMILES string of the molecule is CC(C(=O)c1c(Br)cnn1CCN(C)C)c1ccccc1. The predicted molar refractivity (Wildman–Crippen MR) is 87.7 cm³/mol. The van der Waals surface area contributed by atoms with Gasteiger partial charge in [-0.15, -0.1) is 0 Å². The molecule has 0 fully saturated rings. The van der Waals surface area contributed by atoms with Gasteiger partial charge < -0.3 is 4.90 Å². The van der Waals surface area contributed by atoms with Crippen LogP contribution in [0.4, 0.5) is 0 Å². The number of hydrogen-bond acceptors (Lipinski definition) is 3. The highest BCUT2D eigenvalue weighted by atomic mass is 79.9. The van der Waals surface area contributed by atoms with Gasteiger partial charge >= 0.3 is 0 Å². The highest BCUT2D eigenvalue weighted by Gasteiger charge is 2.23. The van der Waals surface area contributed by atoms with E-state index >= 15 is 0 Å². The lowest BCUT2D eigenvalue weighted by Crippen LogP contribution is -2.23. The Balaban J connectivity index is 2.24. The van der Waals surface area contributed by atoms with E-state index in [0.29, 0.717) is 12.2 Å². The first kappa shape index (κ1) is 15.9. The molecule has 1 unspecified atom stereocenters. The van der Waals surface area contributed by atoms with Gasteiger partial charge in [-0.1, -0.05) is 37.3 Å². The second-order valence-electron chi connectivity index (χ2n) is 5.36. The van der Waals surface area contributed by atoms with Crippen molar-refractivity contribution in [3.63, 3.8) is 0 Å². The van der Waals surface area contributed by atoms with Crippen molar-refractivity contribution in [3.8, 4) is 0 Å². The molecule has 0 N–H and O–H groups in total. The number of hydrogen-bond donors (Lipinski definition) is 0. The summed E-state index contributed by atoms with van der Waals surface area (Å²) in [5.74, 6) is -0.0957. The summed E-state index contributed by atoms with van der Waals surface area (Å²) in [6, 6.07) is 9.83. The van der Waals surface area contributed by atoms with Crippen LogP contribution in [0.25, 0.3) is 0 Å². The smallest absolute Gasteiger partial charge is 0.189 e. The number of benzene rings is 1. The number of ketones is 1. The molecule has 1 aromatic heterocycles. The molecule has 2 rings (SSSR count). The van der Waals surface area contributed by atoms with E-state index in [-0.39, 0.29) is 11.7 Å². The summed E-state index contributed by atoms with van der Waals surface area (Å²) in [5.41, 5.74) is 1.67. The minimum Gasteiger partial charge on any atom is -0.308 e. The molecule has 0 spiro atoms. The van der Waals surface area contributed by atoms with Gasteiger partial charge in [0.1, 0.15) is 5.69 Å². The standard InChI is InChI=1S/C16H20BrN3O/c1-12(13-7-5-4-6-8-13)16(21)15-14(17)11-18-20(15)10-9-19(2)3/h4-8,11-12H,9-10H2,1-3H3. The van der Waals surface area contributed by atoms with Crippen LogP contribution in [0.2, 0.25) is 0 Å². The molecule has 2 aromatic rings. The zero-order valence-corrected chi connectivity index (χ0v) is 14.2. The monoisotopic (exact) mass is 349 g/mol. The van der Waals surface area contributed by atoms with E-state index in [4.69, 9.17) is 0 Å². The van der Waals surface area contributed by atoms with Crippen molar-refractivity contribution in [1.29, 1.82) is 0 Å². The third-order valence-corrected chi connectivity index (χ3v) is 4.06. The Labute approximate surface area is 133 Å². The first-order chi connectivity index (χ1) is 10.0. The Morgan fingerprint density at radius 1 is 1.33 bits per heavy atom. The van der Waals surface area contributed by atoms with Gasteiger partial charge in [0.05, 0.1) is 17.2 Å². The topological polar surface area (TPSA) is 38.1 Å². The Bertz CT molecular complexity index is 607. The lowest BCUT2D eigenvalue weighted by Gasteiger charge is -2.15. The summed E-state index contributed by atoms with van der Waals surface area (Å²) in [6.07, 6.45) is 1.70. The molecule has 1 heterocycles. The average Bonchev–Trinajstić information content (AvgIpc) is 2.85. The van der Waals surface area contributed by atoms with Gasteiger partial charge in [0.15, 0.2) is 5.78 Å². The second-order valence-corrected chi connectivity index (χ2v) is 6.22. The lowest BCUT2D eigenvalue weighted by molar-refractivity contribution is 0.0954. The van der Waals surface area contributed by atoms with Crippen molar-refractivity contribution in [2.45, 2.75) is 19.4 Å². The van der Waals surface area contributed by atoms with E-state index in [9.17, 15) is 4.79 Å². The third kappa shape index (κ3) is 3.80. The van der Waals surface area contributed by atoms with Crippen LogP contribution in [0.5, 0.6) is 0 Å². The molecule has 0 aliphatic carbocycles. The average molecular weight is 350 g/mol. The molecule has 5 heteroatoms. The van der Waals surface area contributed by atoms with Crippen molar-refractivity contribution < 1.29 is 4.79 Å². The summed E-state index contributed by atoms with van der Waals surface area (Å²) < 4.78 is 2.54. The van der Waals surface area contributed by atoms with E-state index in [1.165, 1.54) is 0 Å². The highest BCUT2D eigenvalue weighted by Crippen LogP contribution is 2.25. The number of halogens is 1. The molecule has 4 nitrogen and oxygen atoms in total. The van der Waals surface area contributed by atoms with Crippen molar-refractivity contribution in [2.24, 2.45) is 0 Å². The second kappa shape index (κ2) is 7.00. The molecule has 21 heavy (non-hydrogen) atoms. The lowest BCUT2D eigenvalue weighted by atomic mass is 9.95. The fourth-order valence-corrected chi connectivity index (χ4v) is 2.66. The minimum absolute atomic E-state index is 0.0873. The molecule has 1 atom stereocenters. The molecule has 0 saturated heterocycles.